The van der Waals surface area contributed by atoms with Gasteiger partial charge in [0, 0.05) is 56.1 Å². The van der Waals surface area contributed by atoms with Gasteiger partial charge in [-0.05, 0) is 49.4 Å². The molecule has 0 unspecified atom stereocenters. The van der Waals surface area contributed by atoms with E-state index in [2.05, 4.69) is 4.90 Å². The second kappa shape index (κ2) is 10.1. The molecular formula is C24H29N3O6S. The Morgan fingerprint density at radius 2 is 1.50 bits per heavy atom. The van der Waals surface area contributed by atoms with Crippen LogP contribution in [-0.2, 0) is 14.8 Å². The zero-order valence-electron chi connectivity index (χ0n) is 19.4. The third-order valence-electron chi connectivity index (χ3n) is 6.20. The van der Waals surface area contributed by atoms with Gasteiger partial charge in [-0.2, -0.15) is 4.31 Å². The van der Waals surface area contributed by atoms with E-state index >= 15 is 0 Å². The Balaban J connectivity index is 1.48. The van der Waals surface area contributed by atoms with Gasteiger partial charge in [-0.3, -0.25) is 9.59 Å². The van der Waals surface area contributed by atoms with Crippen molar-refractivity contribution in [3.8, 4) is 5.75 Å². The summed E-state index contributed by atoms with van der Waals surface area (Å²) in [4.78, 5) is 28.6. The molecule has 0 radical (unpaired) electrons. The number of hydrogen-bond donors (Lipinski definition) is 0. The summed E-state index contributed by atoms with van der Waals surface area (Å²) in [6.45, 7) is 5.02. The zero-order chi connectivity index (χ0) is 24.3. The monoisotopic (exact) mass is 487 g/mol. The van der Waals surface area contributed by atoms with Gasteiger partial charge in [0.1, 0.15) is 10.6 Å². The van der Waals surface area contributed by atoms with Crippen molar-refractivity contribution in [2.75, 3.05) is 64.5 Å². The molecule has 0 atom stereocenters. The van der Waals surface area contributed by atoms with Crippen LogP contribution in [0.25, 0.3) is 0 Å². The fraction of sp³-hybridized carbons (Fsp3) is 0.417. The van der Waals surface area contributed by atoms with E-state index in [0.29, 0.717) is 50.5 Å². The third-order valence-corrected chi connectivity index (χ3v) is 8.12. The number of sulfonamides is 1. The number of carbonyl (C=O) groups excluding carboxylic acids is 2. The topological polar surface area (TPSA) is 96.5 Å². The normalized spacial score (nSPS) is 17.5. The number of piperazine rings is 1. The summed E-state index contributed by atoms with van der Waals surface area (Å²) in [6.07, 6.45) is 0. The summed E-state index contributed by atoms with van der Waals surface area (Å²) in [5, 5.41) is 0. The van der Waals surface area contributed by atoms with Crippen LogP contribution in [0.4, 0.5) is 5.69 Å². The molecule has 4 rings (SSSR count). The van der Waals surface area contributed by atoms with Crippen molar-refractivity contribution in [1.82, 2.24) is 9.21 Å². The molecule has 2 aromatic carbocycles. The average molecular weight is 488 g/mol. The molecule has 2 aromatic rings. The minimum absolute atomic E-state index is 0.00746. The summed E-state index contributed by atoms with van der Waals surface area (Å²) >= 11 is 0. The van der Waals surface area contributed by atoms with Crippen molar-refractivity contribution < 1.29 is 27.5 Å². The second-order valence-electron chi connectivity index (χ2n) is 8.26. The number of rotatable bonds is 6. The summed E-state index contributed by atoms with van der Waals surface area (Å²) < 4.78 is 38.4. The van der Waals surface area contributed by atoms with Crippen LogP contribution in [0.2, 0.25) is 0 Å². The Hall–Kier alpha value is -2.95. The van der Waals surface area contributed by atoms with Gasteiger partial charge in [0.2, 0.25) is 10.0 Å². The molecular weight excluding hydrogens is 458 g/mol. The highest BCUT2D eigenvalue weighted by atomic mass is 32.2. The lowest BCUT2D eigenvalue weighted by molar-refractivity contribution is 0.0728. The summed E-state index contributed by atoms with van der Waals surface area (Å²) in [7, 11) is -2.41. The van der Waals surface area contributed by atoms with Crippen LogP contribution in [0.15, 0.2) is 47.4 Å². The van der Waals surface area contributed by atoms with Crippen LogP contribution in [0.5, 0.6) is 5.75 Å². The molecule has 0 bridgehead atoms. The first kappa shape index (κ1) is 24.2. The van der Waals surface area contributed by atoms with E-state index in [4.69, 9.17) is 9.47 Å². The average Bonchev–Trinajstić information content (AvgIpc) is 2.88. The smallest absolute Gasteiger partial charge is 0.254 e. The highest BCUT2D eigenvalue weighted by molar-refractivity contribution is 7.89. The van der Waals surface area contributed by atoms with Gasteiger partial charge in [0.15, 0.2) is 5.78 Å². The highest BCUT2D eigenvalue weighted by Gasteiger charge is 2.31. The van der Waals surface area contributed by atoms with Crippen molar-refractivity contribution in [3.05, 3.63) is 53.6 Å². The minimum Gasteiger partial charge on any atom is -0.495 e. The second-order valence-corrected chi connectivity index (χ2v) is 10.2. The van der Waals surface area contributed by atoms with Crippen molar-refractivity contribution in [1.29, 1.82) is 0 Å². The lowest BCUT2D eigenvalue weighted by Crippen LogP contribution is -2.48. The van der Waals surface area contributed by atoms with Crippen molar-refractivity contribution in [2.45, 2.75) is 11.8 Å². The Labute approximate surface area is 199 Å². The lowest BCUT2D eigenvalue weighted by atomic mass is 10.1. The number of methoxy groups -OCH3 is 1. The number of morpholine rings is 1. The van der Waals surface area contributed by atoms with E-state index < -0.39 is 10.0 Å². The van der Waals surface area contributed by atoms with Crippen molar-refractivity contribution >= 4 is 27.4 Å². The molecule has 2 aliphatic rings. The van der Waals surface area contributed by atoms with Gasteiger partial charge < -0.3 is 19.3 Å². The zero-order valence-corrected chi connectivity index (χ0v) is 20.2. The number of anilines is 1. The molecule has 0 aromatic heterocycles. The largest absolute Gasteiger partial charge is 0.495 e. The fourth-order valence-electron chi connectivity index (χ4n) is 4.19. The van der Waals surface area contributed by atoms with Gasteiger partial charge in [0.05, 0.1) is 20.3 Å². The van der Waals surface area contributed by atoms with E-state index in [1.807, 2.05) is 24.3 Å². The number of hydrogen-bond acceptors (Lipinski definition) is 7. The predicted molar refractivity (Wildman–Crippen MR) is 127 cm³/mol. The minimum atomic E-state index is -3.82. The first-order chi connectivity index (χ1) is 16.3. The Kier molecular flexibility index (Phi) is 7.20. The molecule has 0 saturated carbocycles. The van der Waals surface area contributed by atoms with Crippen LogP contribution in [0.3, 0.4) is 0 Å². The summed E-state index contributed by atoms with van der Waals surface area (Å²) in [6, 6.07) is 12.0. The molecule has 0 aliphatic carbocycles. The van der Waals surface area contributed by atoms with Crippen LogP contribution in [0, 0.1) is 0 Å². The van der Waals surface area contributed by atoms with Crippen LogP contribution < -0.4 is 9.64 Å². The molecule has 2 aliphatic heterocycles. The van der Waals surface area contributed by atoms with Crippen molar-refractivity contribution in [3.63, 3.8) is 0 Å². The third kappa shape index (κ3) is 4.94. The first-order valence-electron chi connectivity index (χ1n) is 11.2. The van der Waals surface area contributed by atoms with Crippen LogP contribution in [0.1, 0.15) is 27.6 Å². The summed E-state index contributed by atoms with van der Waals surface area (Å²) in [5.74, 6) is 0.0194. The molecule has 2 saturated heterocycles. The van der Waals surface area contributed by atoms with Crippen molar-refractivity contribution in [2.24, 2.45) is 0 Å². The number of ether oxygens (including phenoxy) is 2. The molecule has 1 amide bonds. The Morgan fingerprint density at radius 1 is 0.882 bits per heavy atom. The van der Waals surface area contributed by atoms with E-state index in [9.17, 15) is 18.0 Å². The molecule has 2 heterocycles. The predicted octanol–water partition coefficient (Wildman–Crippen LogP) is 1.88. The quantitative estimate of drug-likeness (QED) is 0.574. The van der Waals surface area contributed by atoms with E-state index in [0.717, 1.165) is 5.69 Å². The Bertz CT molecular complexity index is 1150. The standard InChI is InChI=1S/C24H29N3O6S/c1-18(28)19-3-6-21(7-4-19)25-9-11-26(12-10-25)24(29)20-5-8-22(32-2)23(17-20)34(30,31)27-13-15-33-16-14-27/h3-8,17H,9-16H2,1-2H3. The fourth-order valence-corrected chi connectivity index (χ4v) is 5.78. The Morgan fingerprint density at radius 3 is 2.09 bits per heavy atom. The molecule has 182 valence electrons. The number of benzene rings is 2. The van der Waals surface area contributed by atoms with E-state index in [-0.39, 0.29) is 35.4 Å². The van der Waals surface area contributed by atoms with E-state index in [1.54, 1.807) is 11.0 Å². The lowest BCUT2D eigenvalue weighted by Gasteiger charge is -2.36. The number of carbonyl (C=O) groups is 2. The molecule has 0 N–H and O–H groups in total. The van der Waals surface area contributed by atoms with Gasteiger partial charge in [-0.15, -0.1) is 0 Å². The van der Waals surface area contributed by atoms with Gasteiger partial charge in [0.25, 0.3) is 5.91 Å². The molecule has 10 heteroatoms. The maximum absolute atomic E-state index is 13.2. The number of nitrogens with zero attached hydrogens (tertiary/aromatic N) is 3. The highest BCUT2D eigenvalue weighted by Crippen LogP contribution is 2.29. The maximum Gasteiger partial charge on any atom is 0.254 e. The van der Waals surface area contributed by atoms with E-state index in [1.165, 1.54) is 30.5 Å². The molecule has 2 fully saturated rings. The van der Waals surface area contributed by atoms with Crippen LogP contribution >= 0.6 is 0 Å². The first-order valence-corrected chi connectivity index (χ1v) is 12.7. The number of Topliss-reactive ketones (excluding diaryl/α,β-unsaturated/α-hetero) is 1. The summed E-state index contributed by atoms with van der Waals surface area (Å²) in [5.41, 5.74) is 1.98. The van der Waals surface area contributed by atoms with Gasteiger partial charge >= 0.3 is 0 Å². The maximum atomic E-state index is 13.2. The SMILES string of the molecule is COc1ccc(C(=O)N2CCN(c3ccc(C(C)=O)cc3)CC2)cc1S(=O)(=O)N1CCOCC1. The molecule has 9 nitrogen and oxygen atoms in total. The number of ketones is 1. The van der Waals surface area contributed by atoms with Gasteiger partial charge in [-0.1, -0.05) is 0 Å². The van der Waals surface area contributed by atoms with Crippen LogP contribution in [-0.4, -0.2) is 88.9 Å². The molecule has 34 heavy (non-hydrogen) atoms. The van der Waals surface area contributed by atoms with Gasteiger partial charge in [-0.25, -0.2) is 8.42 Å². The number of amides is 1. The molecule has 0 spiro atoms.